The van der Waals surface area contributed by atoms with Crippen LogP contribution in [0.2, 0.25) is 0 Å². The molecule has 2 N–H and O–H groups in total. The van der Waals surface area contributed by atoms with Crippen LogP contribution in [0.5, 0.6) is 0 Å². The Labute approximate surface area is 235 Å². The topological polar surface area (TPSA) is 65.1 Å². The summed E-state index contributed by atoms with van der Waals surface area (Å²) >= 11 is 0. The number of aliphatic hydroxyl groups excluding tert-OH is 2. The molecule has 0 amide bonds. The van der Waals surface area contributed by atoms with Crippen LogP contribution < -0.4 is 0 Å². The number of aliphatic hydroxyl groups is 2. The third-order valence-corrected chi connectivity index (χ3v) is 13.8. The molecule has 39 heavy (non-hydrogen) atoms. The van der Waals surface area contributed by atoms with Crippen molar-refractivity contribution in [1.29, 1.82) is 0 Å². The second-order valence-electron chi connectivity index (χ2n) is 16.7. The molecule has 4 fully saturated rings. The van der Waals surface area contributed by atoms with Crippen molar-refractivity contribution in [2.24, 2.45) is 50.2 Å². The molecule has 0 aromatic carbocycles. The van der Waals surface area contributed by atoms with Crippen molar-refractivity contribution < 1.29 is 15.0 Å². The quantitative estimate of drug-likeness (QED) is 0.377. The van der Waals surface area contributed by atoms with Gasteiger partial charge in [-0.1, -0.05) is 54.0 Å². The van der Waals surface area contributed by atoms with Gasteiger partial charge in [-0.2, -0.15) is 0 Å². The summed E-state index contributed by atoms with van der Waals surface area (Å²) in [7, 11) is 0. The summed E-state index contributed by atoms with van der Waals surface area (Å²) in [5.41, 5.74) is 1.12. The molecule has 5 nitrogen and oxygen atoms in total. The number of rotatable bonds is 2. The summed E-state index contributed by atoms with van der Waals surface area (Å²) in [4.78, 5) is 20.9. The Morgan fingerprint density at radius 2 is 1.69 bits per heavy atom. The summed E-state index contributed by atoms with van der Waals surface area (Å²) in [6.07, 6.45) is 10.2. The molecule has 1 aliphatic heterocycles. The number of nitrogens with zero attached hydrogens (tertiary/aromatic N) is 2. The van der Waals surface area contributed by atoms with E-state index in [0.29, 0.717) is 23.8 Å². The van der Waals surface area contributed by atoms with Gasteiger partial charge < -0.3 is 10.2 Å². The lowest BCUT2D eigenvalue weighted by atomic mass is 9.34. The molecule has 0 spiro atoms. The van der Waals surface area contributed by atoms with Gasteiger partial charge in [0, 0.05) is 31.0 Å². The average Bonchev–Trinajstić information content (AvgIpc) is 2.82. The molecular weight excluding hydrogens is 484 g/mol. The zero-order valence-corrected chi connectivity index (χ0v) is 25.4. The Balaban J connectivity index is 1.45. The first-order chi connectivity index (χ1) is 18.0. The van der Waals surface area contributed by atoms with Crippen molar-refractivity contribution in [3.05, 3.63) is 34.5 Å². The summed E-state index contributed by atoms with van der Waals surface area (Å²) in [5, 5.41) is 21.1. The van der Waals surface area contributed by atoms with Crippen LogP contribution in [-0.4, -0.2) is 46.6 Å². The molecule has 214 valence electrons. The minimum absolute atomic E-state index is 0.0202. The van der Waals surface area contributed by atoms with Crippen LogP contribution in [0.25, 0.3) is 4.85 Å². The van der Waals surface area contributed by atoms with Crippen molar-refractivity contribution >= 4 is 5.78 Å². The van der Waals surface area contributed by atoms with Gasteiger partial charge in [-0.15, -0.1) is 0 Å². The smallest absolute Gasteiger partial charge is 0.203 e. The first kappa shape index (κ1) is 27.5. The summed E-state index contributed by atoms with van der Waals surface area (Å²) in [6, 6.07) is 0. The first-order valence-electron chi connectivity index (χ1n) is 15.5. The fourth-order valence-electron chi connectivity index (χ4n) is 11.4. The lowest BCUT2D eigenvalue weighted by molar-refractivity contribution is -0.180. The molecule has 1 heterocycles. The van der Waals surface area contributed by atoms with Crippen LogP contribution in [0.1, 0.15) is 99.8 Å². The van der Waals surface area contributed by atoms with E-state index < -0.39 is 5.41 Å². The standard InChI is InChI=1S/C34H50N2O3/c1-29(2)11-13-34(20-36-18-21(37)19-36)14-12-33(7)27(22(34)16-29)24(38)15-26-31(5)17-23(35-8)28(39)30(3,4)25(31)9-10-32(26,33)6/h15,21-22,25,27,37,39H,9-14,16-20H2,1-7H3/t22-,25-,27-,31-,32+,33+,34+/m0/s1. The van der Waals surface area contributed by atoms with E-state index in [1.165, 1.54) is 18.4 Å². The van der Waals surface area contributed by atoms with Gasteiger partial charge in [0.2, 0.25) is 5.70 Å². The fraction of sp³-hybridized carbons (Fsp3) is 0.824. The largest absolute Gasteiger partial charge is 0.523 e. The van der Waals surface area contributed by atoms with Gasteiger partial charge in [0.25, 0.3) is 0 Å². The number of ketones is 1. The summed E-state index contributed by atoms with van der Waals surface area (Å²) < 4.78 is 0. The SMILES string of the molecule is [C-]#[N+]C1=C(O)C(C)(C)[C@@H]2CC[C@]3(C)C(=CC(=O)[C@@H]4[C@@H]5CC(C)(C)CC[C@]5(CN5CC(O)C5)CC[C@]43C)[C@@]2(C)C1. The molecule has 1 saturated heterocycles. The van der Waals surface area contributed by atoms with E-state index in [9.17, 15) is 15.0 Å². The molecule has 0 bridgehead atoms. The van der Waals surface area contributed by atoms with E-state index in [2.05, 4.69) is 64.3 Å². The van der Waals surface area contributed by atoms with Gasteiger partial charge >= 0.3 is 0 Å². The molecule has 5 heteroatoms. The minimum atomic E-state index is -0.479. The molecule has 0 radical (unpaired) electrons. The zero-order chi connectivity index (χ0) is 28.4. The Kier molecular flexibility index (Phi) is 5.80. The van der Waals surface area contributed by atoms with Gasteiger partial charge in [0.05, 0.1) is 12.7 Å². The molecule has 0 aromatic rings. The van der Waals surface area contributed by atoms with E-state index in [0.717, 1.165) is 51.7 Å². The third kappa shape index (κ3) is 3.52. The van der Waals surface area contributed by atoms with Gasteiger partial charge in [-0.05, 0) is 96.4 Å². The minimum Gasteiger partial charge on any atom is -0.523 e. The number of β-amino-alcohol motifs (C(OH)–C–C–N with tert-alkyl or cyclic N) is 1. The van der Waals surface area contributed by atoms with Gasteiger partial charge in [0.1, 0.15) is 5.76 Å². The van der Waals surface area contributed by atoms with Crippen LogP contribution in [-0.2, 0) is 4.79 Å². The van der Waals surface area contributed by atoms with E-state index in [1.807, 2.05) is 0 Å². The van der Waals surface area contributed by atoms with E-state index >= 15 is 0 Å². The van der Waals surface area contributed by atoms with Crippen LogP contribution >= 0.6 is 0 Å². The maximum atomic E-state index is 14.6. The fourth-order valence-corrected chi connectivity index (χ4v) is 11.4. The number of allylic oxidation sites excluding steroid dienone is 4. The molecule has 0 aromatic heterocycles. The van der Waals surface area contributed by atoms with Gasteiger partial charge in [-0.3, -0.25) is 9.69 Å². The molecular formula is C34H50N2O3. The second kappa shape index (κ2) is 8.22. The molecule has 3 saturated carbocycles. The monoisotopic (exact) mass is 534 g/mol. The predicted molar refractivity (Wildman–Crippen MR) is 154 cm³/mol. The molecule has 0 unspecified atom stereocenters. The highest BCUT2D eigenvalue weighted by Gasteiger charge is 2.70. The summed E-state index contributed by atoms with van der Waals surface area (Å²) in [6.45, 7) is 26.6. The number of hydrogen-bond acceptors (Lipinski definition) is 4. The number of carbonyl (C=O) groups is 1. The summed E-state index contributed by atoms with van der Waals surface area (Å²) in [5.74, 6) is 1.17. The molecule has 6 rings (SSSR count). The van der Waals surface area contributed by atoms with Crippen LogP contribution in [0.4, 0.5) is 0 Å². The lowest BCUT2D eigenvalue weighted by Crippen LogP contribution is -2.66. The maximum Gasteiger partial charge on any atom is 0.203 e. The molecule has 6 aliphatic rings. The highest BCUT2D eigenvalue weighted by atomic mass is 16.3. The Bertz CT molecular complexity index is 1200. The highest BCUT2D eigenvalue weighted by molar-refractivity contribution is 5.95. The number of carbonyl (C=O) groups excluding carboxylic acids is 1. The normalized spacial score (nSPS) is 47.1. The van der Waals surface area contributed by atoms with Crippen LogP contribution in [0.3, 0.4) is 0 Å². The number of likely N-dealkylation sites (tertiary alicyclic amines) is 1. The van der Waals surface area contributed by atoms with E-state index in [-0.39, 0.29) is 50.8 Å². The molecule has 7 atom stereocenters. The lowest BCUT2D eigenvalue weighted by Gasteiger charge is -2.70. The van der Waals surface area contributed by atoms with E-state index in [1.54, 1.807) is 0 Å². The third-order valence-electron chi connectivity index (χ3n) is 13.8. The van der Waals surface area contributed by atoms with Crippen LogP contribution in [0.15, 0.2) is 23.1 Å². The van der Waals surface area contributed by atoms with Gasteiger partial charge in [0.15, 0.2) is 5.78 Å². The van der Waals surface area contributed by atoms with E-state index in [4.69, 9.17) is 6.57 Å². The highest BCUT2D eigenvalue weighted by Crippen LogP contribution is 2.75. The van der Waals surface area contributed by atoms with Crippen molar-refractivity contribution in [2.75, 3.05) is 19.6 Å². The van der Waals surface area contributed by atoms with Crippen LogP contribution in [0, 0.1) is 56.8 Å². The van der Waals surface area contributed by atoms with Crippen molar-refractivity contribution in [1.82, 2.24) is 4.90 Å². The number of hydrogen-bond donors (Lipinski definition) is 2. The first-order valence-corrected chi connectivity index (χ1v) is 15.5. The van der Waals surface area contributed by atoms with Crippen molar-refractivity contribution in [2.45, 2.75) is 106 Å². The Hall–Kier alpha value is -1.64. The predicted octanol–water partition coefficient (Wildman–Crippen LogP) is 6.94. The average molecular weight is 535 g/mol. The Morgan fingerprint density at radius 1 is 1.03 bits per heavy atom. The van der Waals surface area contributed by atoms with Crippen molar-refractivity contribution in [3.8, 4) is 0 Å². The Morgan fingerprint density at radius 3 is 2.33 bits per heavy atom. The maximum absolute atomic E-state index is 14.6. The van der Waals surface area contributed by atoms with Crippen molar-refractivity contribution in [3.63, 3.8) is 0 Å². The number of fused-ring (bicyclic) bond motifs is 7. The van der Waals surface area contributed by atoms with Gasteiger partial charge in [-0.25, -0.2) is 4.85 Å². The molecule has 5 aliphatic carbocycles. The zero-order valence-electron chi connectivity index (χ0n) is 25.4. The second-order valence-corrected chi connectivity index (χ2v) is 16.7.